The third kappa shape index (κ3) is 15.1. The van der Waals surface area contributed by atoms with Gasteiger partial charge in [0.2, 0.25) is 0 Å². The minimum Gasteiger partial charge on any atom is -0.389 e. The van der Waals surface area contributed by atoms with Crippen molar-refractivity contribution in [2.24, 2.45) is 0 Å². The van der Waals surface area contributed by atoms with E-state index in [1.165, 1.54) is 0 Å². The van der Waals surface area contributed by atoms with Gasteiger partial charge in [0.05, 0.1) is 25.4 Å². The molecule has 0 aromatic rings. The Balaban J connectivity index is 4.02. The zero-order valence-corrected chi connectivity index (χ0v) is 15.5. The number of ether oxygens (including phenoxy) is 2. The van der Waals surface area contributed by atoms with Crippen LogP contribution < -0.4 is 0 Å². The Kier molecular flexibility index (Phi) is 16.5. The molecule has 0 amide bonds. The normalized spacial score (nSPS) is 14.3. The molecule has 0 aliphatic rings. The van der Waals surface area contributed by atoms with Crippen molar-refractivity contribution >= 4 is 0 Å². The molecule has 0 bridgehead atoms. The summed E-state index contributed by atoms with van der Waals surface area (Å²) in [5.74, 6) is 0. The first-order chi connectivity index (χ1) is 11.1. The van der Waals surface area contributed by atoms with Gasteiger partial charge in [0, 0.05) is 26.3 Å². The molecule has 0 fully saturated rings. The largest absolute Gasteiger partial charge is 0.389 e. The first-order valence-electron chi connectivity index (χ1n) is 9.37. The minimum absolute atomic E-state index is 0.367. The number of rotatable bonds is 17. The Morgan fingerprint density at radius 1 is 0.739 bits per heavy atom. The maximum Gasteiger partial charge on any atom is 0.0900 e. The SMILES string of the molecule is CCCCOC[C@@H](O)CN(CCCC)C[C@@H](O)COCCCC. The fraction of sp³-hybridized carbons (Fsp3) is 1.00. The van der Waals surface area contributed by atoms with Crippen LogP contribution in [-0.4, -0.2) is 73.4 Å². The van der Waals surface area contributed by atoms with Gasteiger partial charge in [-0.15, -0.1) is 0 Å². The predicted octanol–water partition coefficient (Wildman–Crippen LogP) is 2.44. The molecule has 0 rings (SSSR count). The lowest BCUT2D eigenvalue weighted by Crippen LogP contribution is -2.41. The Morgan fingerprint density at radius 3 is 1.57 bits per heavy atom. The van der Waals surface area contributed by atoms with E-state index in [4.69, 9.17) is 9.47 Å². The van der Waals surface area contributed by atoms with E-state index in [2.05, 4.69) is 25.7 Å². The summed E-state index contributed by atoms with van der Waals surface area (Å²) < 4.78 is 10.9. The van der Waals surface area contributed by atoms with E-state index in [1.54, 1.807) is 0 Å². The smallest absolute Gasteiger partial charge is 0.0900 e. The van der Waals surface area contributed by atoms with Gasteiger partial charge in [-0.3, -0.25) is 4.90 Å². The van der Waals surface area contributed by atoms with Crippen LogP contribution in [0.3, 0.4) is 0 Å². The number of aliphatic hydroxyl groups is 2. The van der Waals surface area contributed by atoms with Gasteiger partial charge in [-0.1, -0.05) is 40.0 Å². The van der Waals surface area contributed by atoms with E-state index in [9.17, 15) is 10.2 Å². The van der Waals surface area contributed by atoms with Crippen LogP contribution >= 0.6 is 0 Å². The van der Waals surface area contributed by atoms with E-state index in [1.807, 2.05) is 0 Å². The van der Waals surface area contributed by atoms with Crippen molar-refractivity contribution in [2.45, 2.75) is 71.5 Å². The van der Waals surface area contributed by atoms with E-state index in [0.717, 1.165) is 45.1 Å². The van der Waals surface area contributed by atoms with Gasteiger partial charge in [-0.05, 0) is 25.8 Å². The Bertz CT molecular complexity index is 221. The molecule has 0 spiro atoms. The molecule has 0 saturated heterocycles. The zero-order chi connectivity index (χ0) is 17.3. The Labute approximate surface area is 143 Å². The van der Waals surface area contributed by atoms with Crippen LogP contribution in [0.5, 0.6) is 0 Å². The maximum absolute atomic E-state index is 10.1. The van der Waals surface area contributed by atoms with Crippen molar-refractivity contribution in [3.05, 3.63) is 0 Å². The van der Waals surface area contributed by atoms with Crippen LogP contribution in [0, 0.1) is 0 Å². The Morgan fingerprint density at radius 2 is 1.17 bits per heavy atom. The van der Waals surface area contributed by atoms with Gasteiger partial charge < -0.3 is 19.7 Å². The molecule has 0 unspecified atom stereocenters. The molecule has 0 heterocycles. The maximum atomic E-state index is 10.1. The highest BCUT2D eigenvalue weighted by atomic mass is 16.5. The van der Waals surface area contributed by atoms with Crippen LogP contribution in [0.25, 0.3) is 0 Å². The molecule has 23 heavy (non-hydrogen) atoms. The van der Waals surface area contributed by atoms with Crippen molar-refractivity contribution in [3.63, 3.8) is 0 Å². The van der Waals surface area contributed by atoms with Crippen LogP contribution in [-0.2, 0) is 9.47 Å². The number of hydrogen-bond acceptors (Lipinski definition) is 5. The lowest BCUT2D eigenvalue weighted by molar-refractivity contribution is -0.0109. The highest BCUT2D eigenvalue weighted by Gasteiger charge is 2.15. The average molecular weight is 334 g/mol. The molecule has 0 aliphatic carbocycles. The molecule has 0 aromatic carbocycles. The predicted molar refractivity (Wildman–Crippen MR) is 94.8 cm³/mol. The molecule has 0 aliphatic heterocycles. The summed E-state index contributed by atoms with van der Waals surface area (Å²) >= 11 is 0. The Hall–Kier alpha value is -0.200. The third-order valence-electron chi connectivity index (χ3n) is 3.67. The minimum atomic E-state index is -0.503. The summed E-state index contributed by atoms with van der Waals surface area (Å²) in [5, 5.41) is 20.2. The van der Waals surface area contributed by atoms with Gasteiger partial charge in [-0.25, -0.2) is 0 Å². The van der Waals surface area contributed by atoms with E-state index in [0.29, 0.717) is 39.5 Å². The summed E-state index contributed by atoms with van der Waals surface area (Å²) in [4.78, 5) is 2.12. The van der Waals surface area contributed by atoms with Crippen LogP contribution in [0.2, 0.25) is 0 Å². The molecule has 5 nitrogen and oxygen atoms in total. The fourth-order valence-corrected chi connectivity index (χ4v) is 2.27. The fourth-order valence-electron chi connectivity index (χ4n) is 2.27. The quantitative estimate of drug-likeness (QED) is 0.400. The molecular formula is C18H39NO4. The average Bonchev–Trinajstić information content (AvgIpc) is 2.53. The number of aliphatic hydroxyl groups excluding tert-OH is 2. The van der Waals surface area contributed by atoms with Crippen LogP contribution in [0.4, 0.5) is 0 Å². The lowest BCUT2D eigenvalue weighted by Gasteiger charge is -2.27. The summed E-state index contributed by atoms with van der Waals surface area (Å²) in [6.07, 6.45) is 5.41. The topological polar surface area (TPSA) is 62.2 Å². The highest BCUT2D eigenvalue weighted by molar-refractivity contribution is 4.69. The number of unbranched alkanes of at least 4 members (excludes halogenated alkanes) is 3. The first kappa shape index (κ1) is 22.8. The molecule has 0 radical (unpaired) electrons. The van der Waals surface area contributed by atoms with E-state index < -0.39 is 12.2 Å². The summed E-state index contributed by atoms with van der Waals surface area (Å²) in [7, 11) is 0. The van der Waals surface area contributed by atoms with Crippen molar-refractivity contribution in [2.75, 3.05) is 46.1 Å². The zero-order valence-electron chi connectivity index (χ0n) is 15.5. The van der Waals surface area contributed by atoms with Gasteiger partial charge in [0.1, 0.15) is 0 Å². The molecule has 2 N–H and O–H groups in total. The van der Waals surface area contributed by atoms with Crippen molar-refractivity contribution in [1.82, 2.24) is 4.90 Å². The third-order valence-corrected chi connectivity index (χ3v) is 3.67. The summed E-state index contributed by atoms with van der Waals surface area (Å²) in [6, 6.07) is 0. The van der Waals surface area contributed by atoms with Crippen LogP contribution in [0.1, 0.15) is 59.3 Å². The summed E-state index contributed by atoms with van der Waals surface area (Å²) in [5.41, 5.74) is 0. The first-order valence-corrected chi connectivity index (χ1v) is 9.37. The van der Waals surface area contributed by atoms with Crippen LogP contribution in [0.15, 0.2) is 0 Å². The second kappa shape index (κ2) is 16.7. The second-order valence-corrected chi connectivity index (χ2v) is 6.28. The van der Waals surface area contributed by atoms with Crippen molar-refractivity contribution in [3.8, 4) is 0 Å². The molecular weight excluding hydrogens is 294 g/mol. The van der Waals surface area contributed by atoms with Gasteiger partial charge in [0.25, 0.3) is 0 Å². The van der Waals surface area contributed by atoms with Crippen molar-refractivity contribution in [1.29, 1.82) is 0 Å². The summed E-state index contributed by atoms with van der Waals surface area (Å²) in [6.45, 7) is 10.5. The van der Waals surface area contributed by atoms with Crippen molar-refractivity contribution < 1.29 is 19.7 Å². The van der Waals surface area contributed by atoms with E-state index >= 15 is 0 Å². The molecule has 0 aromatic heterocycles. The second-order valence-electron chi connectivity index (χ2n) is 6.28. The molecule has 5 heteroatoms. The highest BCUT2D eigenvalue weighted by Crippen LogP contribution is 2.02. The number of nitrogens with zero attached hydrogens (tertiary/aromatic N) is 1. The van der Waals surface area contributed by atoms with Gasteiger partial charge in [-0.2, -0.15) is 0 Å². The molecule has 2 atom stereocenters. The molecule has 140 valence electrons. The van der Waals surface area contributed by atoms with Gasteiger partial charge >= 0.3 is 0 Å². The number of hydrogen-bond donors (Lipinski definition) is 2. The standard InChI is InChI=1S/C18H39NO4/c1-4-7-10-19(13-17(20)15-22-11-8-5-2)14-18(21)16-23-12-9-6-3/h17-18,20-21H,4-16H2,1-3H3/t17-,18+. The lowest BCUT2D eigenvalue weighted by atomic mass is 10.2. The monoisotopic (exact) mass is 333 g/mol. The molecule has 0 saturated carbocycles. The van der Waals surface area contributed by atoms with E-state index in [-0.39, 0.29) is 0 Å². The van der Waals surface area contributed by atoms with Gasteiger partial charge in [0.15, 0.2) is 0 Å².